The largest absolute Gasteiger partial charge is 0.493 e. The summed E-state index contributed by atoms with van der Waals surface area (Å²) in [5, 5.41) is 11.9. The number of aliphatic hydroxyl groups is 1. The van der Waals surface area contributed by atoms with Crippen molar-refractivity contribution in [2.45, 2.75) is 44.9 Å². The number of pyridine rings is 1. The lowest BCUT2D eigenvalue weighted by atomic mass is 9.86. The number of hydrogen-bond acceptors (Lipinski definition) is 5. The molecule has 1 N–H and O–H groups in total. The maximum Gasteiger partial charge on any atom is 0.232 e. The molecule has 7 heteroatoms. The zero-order chi connectivity index (χ0) is 27.7. The number of benzene rings is 3. The third-order valence-corrected chi connectivity index (χ3v) is 7.26. The molecule has 1 aliphatic rings. The molecule has 5 rings (SSSR count). The van der Waals surface area contributed by atoms with Crippen LogP contribution < -0.4 is 14.4 Å². The van der Waals surface area contributed by atoms with Crippen molar-refractivity contribution < 1.29 is 19.4 Å². The fraction of sp³-hybridized carbons (Fsp3) is 0.250. The maximum absolute atomic E-state index is 13.7. The lowest BCUT2D eigenvalue weighted by Crippen LogP contribution is -2.41. The predicted molar refractivity (Wildman–Crippen MR) is 153 cm³/mol. The van der Waals surface area contributed by atoms with Crippen molar-refractivity contribution in [3.05, 3.63) is 118 Å². The summed E-state index contributed by atoms with van der Waals surface area (Å²) in [5.74, 6) is 1.17. The number of carbonyl (C=O) groups excluding carboxylic acids is 1. The average molecular weight is 543 g/mol. The summed E-state index contributed by atoms with van der Waals surface area (Å²) < 4.78 is 11.7. The quantitative estimate of drug-likeness (QED) is 0.290. The molecule has 2 atom stereocenters. The second-order valence-corrected chi connectivity index (χ2v) is 10.5. The molecular weight excluding hydrogens is 512 g/mol. The van der Waals surface area contributed by atoms with E-state index >= 15 is 0 Å². The lowest BCUT2D eigenvalue weighted by Gasteiger charge is -2.38. The summed E-state index contributed by atoms with van der Waals surface area (Å²) >= 11 is 6.22. The van der Waals surface area contributed by atoms with Crippen molar-refractivity contribution in [3.63, 3.8) is 0 Å². The number of anilines is 1. The Morgan fingerprint density at radius 2 is 1.74 bits per heavy atom. The van der Waals surface area contributed by atoms with Gasteiger partial charge in [0.2, 0.25) is 5.91 Å². The van der Waals surface area contributed by atoms with Crippen molar-refractivity contribution in [1.82, 2.24) is 4.98 Å². The summed E-state index contributed by atoms with van der Waals surface area (Å²) in [6.07, 6.45) is 1.82. The van der Waals surface area contributed by atoms with E-state index in [0.717, 1.165) is 16.7 Å². The first-order valence-corrected chi connectivity index (χ1v) is 13.3. The van der Waals surface area contributed by atoms with Crippen molar-refractivity contribution in [1.29, 1.82) is 0 Å². The van der Waals surface area contributed by atoms with E-state index in [4.69, 9.17) is 21.1 Å². The number of amides is 1. The molecule has 0 aliphatic carbocycles. The molecule has 2 heterocycles. The number of hydrogen-bond donors (Lipinski definition) is 1. The minimum atomic E-state index is -1.28. The van der Waals surface area contributed by atoms with E-state index in [1.54, 1.807) is 31.2 Å². The Balaban J connectivity index is 1.61. The number of fused-ring (bicyclic) bond motifs is 1. The predicted octanol–water partition coefficient (Wildman–Crippen LogP) is 6.47. The number of methoxy groups -OCH3 is 1. The highest BCUT2D eigenvalue weighted by Crippen LogP contribution is 2.44. The minimum Gasteiger partial charge on any atom is -0.493 e. The van der Waals surface area contributed by atoms with Gasteiger partial charge in [0.1, 0.15) is 5.60 Å². The van der Waals surface area contributed by atoms with Crippen LogP contribution in [0.15, 0.2) is 85.1 Å². The molecule has 6 nitrogen and oxygen atoms in total. The first kappa shape index (κ1) is 26.7. The number of halogens is 1. The standard InChI is InChI=1S/C32H31ClN2O4/c1-20(2)39-28-19-26-22(17-27(28)38-4)18-30(36)35(31(26)21-8-12-24(33)13-9-21)25-14-10-23(11-15-25)32(3,37)29-7-5-6-16-34-29/h5-17,19-20,31,37H,18H2,1-4H3/t31-,32?/m0/s1. The summed E-state index contributed by atoms with van der Waals surface area (Å²) in [5.41, 5.74) is 3.42. The number of rotatable bonds is 7. The van der Waals surface area contributed by atoms with Gasteiger partial charge in [0.25, 0.3) is 0 Å². The molecule has 0 bridgehead atoms. The molecule has 0 saturated carbocycles. The summed E-state index contributed by atoms with van der Waals surface area (Å²) in [4.78, 5) is 19.9. The van der Waals surface area contributed by atoms with Crippen LogP contribution in [0.2, 0.25) is 5.02 Å². The van der Waals surface area contributed by atoms with Crippen LogP contribution in [-0.4, -0.2) is 29.2 Å². The normalized spacial score (nSPS) is 16.5. The lowest BCUT2D eigenvalue weighted by molar-refractivity contribution is -0.118. The summed E-state index contributed by atoms with van der Waals surface area (Å²) in [6, 6.07) is 23.9. The van der Waals surface area contributed by atoms with Gasteiger partial charge in [-0.15, -0.1) is 0 Å². The number of carbonyl (C=O) groups is 1. The number of aromatic nitrogens is 1. The molecule has 0 saturated heterocycles. The Morgan fingerprint density at radius 1 is 1.03 bits per heavy atom. The van der Waals surface area contributed by atoms with Gasteiger partial charge in [-0.3, -0.25) is 9.78 Å². The van der Waals surface area contributed by atoms with Crippen LogP contribution in [0.4, 0.5) is 5.69 Å². The van der Waals surface area contributed by atoms with Gasteiger partial charge in [-0.1, -0.05) is 41.9 Å². The molecule has 39 heavy (non-hydrogen) atoms. The Morgan fingerprint density at radius 3 is 2.36 bits per heavy atom. The molecule has 200 valence electrons. The first-order valence-electron chi connectivity index (χ1n) is 12.9. The van der Waals surface area contributed by atoms with E-state index in [0.29, 0.717) is 33.5 Å². The third-order valence-electron chi connectivity index (χ3n) is 7.01. The molecule has 1 unspecified atom stereocenters. The maximum atomic E-state index is 13.7. The Kier molecular flexibility index (Phi) is 7.34. The number of nitrogens with zero attached hydrogens (tertiary/aromatic N) is 2. The van der Waals surface area contributed by atoms with Crippen LogP contribution in [0, 0.1) is 0 Å². The topological polar surface area (TPSA) is 71.9 Å². The molecule has 1 aliphatic heterocycles. The molecule has 4 aromatic rings. The van der Waals surface area contributed by atoms with Crippen LogP contribution >= 0.6 is 11.6 Å². The molecule has 0 spiro atoms. The zero-order valence-corrected chi connectivity index (χ0v) is 23.1. The zero-order valence-electron chi connectivity index (χ0n) is 22.4. The van der Waals surface area contributed by atoms with Gasteiger partial charge in [0.05, 0.1) is 31.4 Å². The second-order valence-electron chi connectivity index (χ2n) is 10.1. The Hall–Kier alpha value is -3.87. The third kappa shape index (κ3) is 5.22. The Bertz CT molecular complexity index is 1470. The molecule has 1 aromatic heterocycles. The van der Waals surface area contributed by atoms with Crippen LogP contribution in [-0.2, 0) is 16.8 Å². The molecular formula is C32H31ClN2O4. The van der Waals surface area contributed by atoms with Crippen molar-refractivity contribution in [2.24, 2.45) is 0 Å². The average Bonchev–Trinajstić information content (AvgIpc) is 2.93. The van der Waals surface area contributed by atoms with Crippen molar-refractivity contribution in [2.75, 3.05) is 12.0 Å². The molecule has 3 aromatic carbocycles. The van der Waals surface area contributed by atoms with Gasteiger partial charge in [-0.25, -0.2) is 0 Å². The summed E-state index contributed by atoms with van der Waals surface area (Å²) in [7, 11) is 1.60. The van der Waals surface area contributed by atoms with E-state index in [1.807, 2.05) is 86.6 Å². The van der Waals surface area contributed by atoms with E-state index in [2.05, 4.69) is 4.98 Å². The van der Waals surface area contributed by atoms with Gasteiger partial charge in [0.15, 0.2) is 11.5 Å². The first-order chi connectivity index (χ1) is 18.7. The minimum absolute atomic E-state index is 0.0494. The van der Waals surface area contributed by atoms with E-state index in [-0.39, 0.29) is 18.4 Å². The van der Waals surface area contributed by atoms with E-state index in [1.165, 1.54) is 0 Å². The molecule has 1 amide bonds. The van der Waals surface area contributed by atoms with Crippen molar-refractivity contribution in [3.8, 4) is 11.5 Å². The molecule has 0 fully saturated rings. The SMILES string of the molecule is COc1cc2c(cc1OC(C)C)[C@H](c1ccc(Cl)cc1)N(c1ccc(C(C)(O)c3ccccn3)cc1)C(=O)C2. The highest BCUT2D eigenvalue weighted by atomic mass is 35.5. The monoisotopic (exact) mass is 542 g/mol. The van der Waals surface area contributed by atoms with E-state index < -0.39 is 11.6 Å². The number of ether oxygens (including phenoxy) is 2. The van der Waals surface area contributed by atoms with Gasteiger partial charge in [-0.05, 0) is 91.6 Å². The van der Waals surface area contributed by atoms with Gasteiger partial charge >= 0.3 is 0 Å². The van der Waals surface area contributed by atoms with Gasteiger partial charge in [0, 0.05) is 16.9 Å². The van der Waals surface area contributed by atoms with Crippen LogP contribution in [0.3, 0.4) is 0 Å². The summed E-state index contributed by atoms with van der Waals surface area (Å²) in [6.45, 7) is 5.65. The fourth-order valence-electron chi connectivity index (χ4n) is 5.07. The van der Waals surface area contributed by atoms with Gasteiger partial charge in [-0.2, -0.15) is 0 Å². The van der Waals surface area contributed by atoms with E-state index in [9.17, 15) is 9.90 Å². The van der Waals surface area contributed by atoms with Gasteiger partial charge < -0.3 is 19.5 Å². The van der Waals surface area contributed by atoms with Crippen molar-refractivity contribution >= 4 is 23.2 Å². The Labute approximate surface area is 233 Å². The second kappa shape index (κ2) is 10.7. The molecule has 0 radical (unpaired) electrons. The van der Waals surface area contributed by atoms with Crippen LogP contribution in [0.5, 0.6) is 11.5 Å². The van der Waals surface area contributed by atoms with Crippen LogP contribution in [0.1, 0.15) is 54.8 Å². The highest BCUT2D eigenvalue weighted by Gasteiger charge is 2.36. The smallest absolute Gasteiger partial charge is 0.232 e. The highest BCUT2D eigenvalue weighted by molar-refractivity contribution is 6.30. The van der Waals surface area contributed by atoms with Crippen LogP contribution in [0.25, 0.3) is 0 Å². The fourth-order valence-corrected chi connectivity index (χ4v) is 5.20.